The van der Waals surface area contributed by atoms with E-state index in [-0.39, 0.29) is 49.1 Å². The summed E-state index contributed by atoms with van der Waals surface area (Å²) < 4.78 is 12.2. The van der Waals surface area contributed by atoms with Gasteiger partial charge in [0.05, 0.1) is 19.1 Å². The van der Waals surface area contributed by atoms with Gasteiger partial charge in [-0.1, -0.05) is 31.0 Å². The van der Waals surface area contributed by atoms with Crippen LogP contribution in [0.5, 0.6) is 5.75 Å². The number of ether oxygens (including phenoxy) is 2. The van der Waals surface area contributed by atoms with Crippen molar-refractivity contribution in [2.75, 3.05) is 17.2 Å². The topological polar surface area (TPSA) is 109 Å². The van der Waals surface area contributed by atoms with E-state index in [2.05, 4.69) is 16.0 Å². The average molecular weight is 466 g/mol. The van der Waals surface area contributed by atoms with Crippen LogP contribution in [0.15, 0.2) is 48.5 Å². The van der Waals surface area contributed by atoms with Gasteiger partial charge in [-0.15, -0.1) is 0 Å². The third-order valence-electron chi connectivity index (χ3n) is 6.92. The van der Waals surface area contributed by atoms with Crippen LogP contribution in [0.1, 0.15) is 50.0 Å². The monoisotopic (exact) mass is 465 g/mol. The molecule has 2 aromatic carbocycles. The first-order valence-electron chi connectivity index (χ1n) is 12.1. The van der Waals surface area contributed by atoms with E-state index >= 15 is 0 Å². The van der Waals surface area contributed by atoms with Crippen LogP contribution in [-0.4, -0.2) is 48.0 Å². The minimum absolute atomic E-state index is 0.000760. The molecular weight excluding hydrogens is 434 g/mol. The average Bonchev–Trinajstić information content (AvgIpc) is 3.46. The van der Waals surface area contributed by atoms with Gasteiger partial charge in [-0.3, -0.25) is 4.79 Å². The number of urea groups is 1. The number of para-hydroxylation sites is 1. The van der Waals surface area contributed by atoms with Crippen molar-refractivity contribution in [2.45, 2.75) is 68.8 Å². The predicted octanol–water partition coefficient (Wildman–Crippen LogP) is 3.77. The van der Waals surface area contributed by atoms with Crippen LogP contribution >= 0.6 is 0 Å². The van der Waals surface area contributed by atoms with Gasteiger partial charge in [0.2, 0.25) is 5.91 Å². The molecule has 2 aliphatic heterocycles. The predicted molar refractivity (Wildman–Crippen MR) is 128 cm³/mol. The minimum Gasteiger partial charge on any atom is -0.487 e. The van der Waals surface area contributed by atoms with Crippen molar-refractivity contribution >= 4 is 23.3 Å². The maximum absolute atomic E-state index is 12.6. The molecule has 2 heterocycles. The Morgan fingerprint density at radius 2 is 1.76 bits per heavy atom. The molecular formula is C26H31N3O5. The number of anilines is 2. The standard InChI is InChI=1S/C26H31N3O5/c30-15-23-25-21(13-19(33-23)14-24(31)27-16-8-4-5-9-16)20-12-18(10-11-22(20)34-25)29-26(32)28-17-6-2-1-3-7-17/h1-3,6-7,10-12,16,19,21,23,25,30H,4-5,8-9,13-15H2,(H,27,31)(H2,28,29,32)/t19-,21-,23+,25+/m0/s1. The zero-order valence-electron chi connectivity index (χ0n) is 19.0. The van der Waals surface area contributed by atoms with Gasteiger partial charge in [-0.05, 0) is 49.6 Å². The molecule has 4 atom stereocenters. The SMILES string of the molecule is O=C(C[C@@H]1C[C@H]2c3cc(NC(=O)Nc4ccccc4)ccc3O[C@H]2[C@@H](CO)O1)NC1CCCC1. The van der Waals surface area contributed by atoms with Crippen LogP contribution in [0.3, 0.4) is 0 Å². The van der Waals surface area contributed by atoms with Crippen molar-refractivity contribution in [2.24, 2.45) is 0 Å². The number of rotatable bonds is 6. The highest BCUT2D eigenvalue weighted by Crippen LogP contribution is 2.47. The Bertz CT molecular complexity index is 1020. The molecule has 0 spiro atoms. The van der Waals surface area contributed by atoms with E-state index in [4.69, 9.17) is 9.47 Å². The lowest BCUT2D eigenvalue weighted by molar-refractivity contribution is -0.142. The Morgan fingerprint density at radius 1 is 1.00 bits per heavy atom. The molecule has 0 unspecified atom stereocenters. The van der Waals surface area contributed by atoms with Crippen LogP contribution in [0, 0.1) is 0 Å². The molecule has 2 fully saturated rings. The molecule has 180 valence electrons. The van der Waals surface area contributed by atoms with E-state index in [9.17, 15) is 14.7 Å². The summed E-state index contributed by atoms with van der Waals surface area (Å²) in [7, 11) is 0. The summed E-state index contributed by atoms with van der Waals surface area (Å²) in [5.74, 6) is 0.699. The Kier molecular flexibility index (Phi) is 6.69. The molecule has 0 aromatic heterocycles. The van der Waals surface area contributed by atoms with Crippen LogP contribution in [0.4, 0.5) is 16.2 Å². The van der Waals surface area contributed by atoms with Gasteiger partial charge in [0.15, 0.2) is 0 Å². The number of hydrogen-bond donors (Lipinski definition) is 4. The number of aliphatic hydroxyl groups excluding tert-OH is 1. The van der Waals surface area contributed by atoms with Crippen molar-refractivity contribution in [1.29, 1.82) is 0 Å². The summed E-state index contributed by atoms with van der Waals surface area (Å²) >= 11 is 0. The van der Waals surface area contributed by atoms with Gasteiger partial charge >= 0.3 is 6.03 Å². The largest absolute Gasteiger partial charge is 0.487 e. The molecule has 4 N–H and O–H groups in total. The summed E-state index contributed by atoms with van der Waals surface area (Å²) in [6.45, 7) is -0.180. The van der Waals surface area contributed by atoms with Gasteiger partial charge in [0.25, 0.3) is 0 Å². The zero-order valence-corrected chi connectivity index (χ0v) is 19.0. The third kappa shape index (κ3) is 5.03. The van der Waals surface area contributed by atoms with Crippen molar-refractivity contribution in [3.8, 4) is 5.75 Å². The summed E-state index contributed by atoms with van der Waals surface area (Å²) in [6, 6.07) is 14.7. The number of carbonyl (C=O) groups is 2. The van der Waals surface area contributed by atoms with Gasteiger partial charge in [0, 0.05) is 28.9 Å². The minimum atomic E-state index is -0.506. The van der Waals surface area contributed by atoms with Gasteiger partial charge in [0.1, 0.15) is 18.0 Å². The molecule has 34 heavy (non-hydrogen) atoms. The fourth-order valence-electron chi connectivity index (χ4n) is 5.35. The van der Waals surface area contributed by atoms with E-state index in [1.165, 1.54) is 0 Å². The van der Waals surface area contributed by atoms with Gasteiger partial charge < -0.3 is 30.5 Å². The lowest BCUT2D eigenvalue weighted by Gasteiger charge is -2.37. The van der Waals surface area contributed by atoms with Crippen molar-refractivity contribution in [1.82, 2.24) is 5.32 Å². The number of aliphatic hydroxyl groups is 1. The zero-order chi connectivity index (χ0) is 23.5. The number of benzene rings is 2. The fraction of sp³-hybridized carbons (Fsp3) is 0.462. The first-order chi connectivity index (χ1) is 16.6. The lowest BCUT2D eigenvalue weighted by atomic mass is 9.84. The number of hydrogen-bond acceptors (Lipinski definition) is 5. The third-order valence-corrected chi connectivity index (χ3v) is 6.92. The number of nitrogens with one attached hydrogen (secondary N) is 3. The highest BCUT2D eigenvalue weighted by molar-refractivity contribution is 5.99. The second-order valence-corrected chi connectivity index (χ2v) is 9.35. The van der Waals surface area contributed by atoms with Crippen LogP contribution in [0.2, 0.25) is 0 Å². The van der Waals surface area contributed by atoms with E-state index in [0.717, 1.165) is 37.0 Å². The molecule has 8 nitrogen and oxygen atoms in total. The molecule has 1 saturated heterocycles. The van der Waals surface area contributed by atoms with Crippen molar-refractivity contribution in [3.05, 3.63) is 54.1 Å². The molecule has 3 amide bonds. The maximum Gasteiger partial charge on any atom is 0.323 e. The van der Waals surface area contributed by atoms with Crippen LogP contribution < -0.4 is 20.7 Å². The van der Waals surface area contributed by atoms with Crippen molar-refractivity contribution < 1.29 is 24.2 Å². The quantitative estimate of drug-likeness (QED) is 0.519. The highest BCUT2D eigenvalue weighted by Gasteiger charge is 2.46. The second-order valence-electron chi connectivity index (χ2n) is 9.35. The molecule has 1 saturated carbocycles. The van der Waals surface area contributed by atoms with Gasteiger partial charge in [-0.2, -0.15) is 0 Å². The van der Waals surface area contributed by atoms with E-state index in [1.807, 2.05) is 42.5 Å². The van der Waals surface area contributed by atoms with E-state index < -0.39 is 6.10 Å². The molecule has 1 aliphatic carbocycles. The first kappa shape index (κ1) is 22.7. The Morgan fingerprint density at radius 3 is 2.53 bits per heavy atom. The number of fused-ring (bicyclic) bond motifs is 3. The highest BCUT2D eigenvalue weighted by atomic mass is 16.6. The second kappa shape index (κ2) is 10.0. The number of amides is 3. The number of carbonyl (C=O) groups excluding carboxylic acids is 2. The molecule has 3 aliphatic rings. The van der Waals surface area contributed by atoms with Crippen molar-refractivity contribution in [3.63, 3.8) is 0 Å². The molecule has 8 heteroatoms. The van der Waals surface area contributed by atoms with Crippen LogP contribution in [0.25, 0.3) is 0 Å². The summed E-state index contributed by atoms with van der Waals surface area (Å²) in [5.41, 5.74) is 2.32. The molecule has 2 aromatic rings. The van der Waals surface area contributed by atoms with E-state index in [0.29, 0.717) is 17.8 Å². The Labute approximate surface area is 199 Å². The molecule has 0 radical (unpaired) electrons. The van der Waals surface area contributed by atoms with E-state index in [1.54, 1.807) is 6.07 Å². The summed E-state index contributed by atoms with van der Waals surface area (Å²) in [5, 5.41) is 18.7. The van der Waals surface area contributed by atoms with Gasteiger partial charge in [-0.25, -0.2) is 4.79 Å². The summed E-state index contributed by atoms with van der Waals surface area (Å²) in [6.07, 6.45) is 4.16. The molecule has 0 bridgehead atoms. The Balaban J connectivity index is 1.26. The maximum atomic E-state index is 12.6. The first-order valence-corrected chi connectivity index (χ1v) is 12.1. The lowest BCUT2D eigenvalue weighted by Crippen LogP contribution is -2.47. The normalized spacial score (nSPS) is 25.7. The summed E-state index contributed by atoms with van der Waals surface area (Å²) in [4.78, 5) is 25.0. The Hall–Kier alpha value is -3.10. The van der Waals surface area contributed by atoms with Crippen LogP contribution in [-0.2, 0) is 9.53 Å². The molecule has 5 rings (SSSR count). The fourth-order valence-corrected chi connectivity index (χ4v) is 5.35. The smallest absolute Gasteiger partial charge is 0.323 e.